The van der Waals surface area contributed by atoms with Crippen molar-refractivity contribution in [2.45, 2.75) is 5.37 Å². The summed E-state index contributed by atoms with van der Waals surface area (Å²) in [7, 11) is 3.32. The van der Waals surface area contributed by atoms with Gasteiger partial charge in [0.2, 0.25) is 0 Å². The fourth-order valence-corrected chi connectivity index (χ4v) is 3.97. The third-order valence-corrected chi connectivity index (χ3v) is 5.09. The molecular weight excluding hydrogens is 210 g/mol. The van der Waals surface area contributed by atoms with Crippen molar-refractivity contribution in [3.05, 3.63) is 29.6 Å². The lowest BCUT2D eigenvalue weighted by Crippen LogP contribution is -2.20. The van der Waals surface area contributed by atoms with Crippen LogP contribution in [0.25, 0.3) is 0 Å². The molecule has 0 aromatic carbocycles. The van der Waals surface area contributed by atoms with Crippen molar-refractivity contribution < 1.29 is 0 Å². The molecule has 0 bridgehead atoms. The molecule has 0 aliphatic carbocycles. The lowest BCUT2D eigenvalue weighted by atomic mass is 10.4. The Morgan fingerprint density at radius 1 is 1.50 bits per heavy atom. The highest BCUT2D eigenvalue weighted by atomic mass is 33.1. The van der Waals surface area contributed by atoms with Gasteiger partial charge in [-0.25, -0.2) is 0 Å². The van der Waals surface area contributed by atoms with Crippen molar-refractivity contribution in [1.82, 2.24) is 5.06 Å². The molecule has 0 aromatic heterocycles. The van der Waals surface area contributed by atoms with E-state index in [-0.39, 0.29) is 5.37 Å². The first-order valence-electron chi connectivity index (χ1n) is 3.42. The largest absolute Gasteiger partial charge is 0.758 e. The number of allylic oxidation sites excluding steroid dienone is 2. The summed E-state index contributed by atoms with van der Waals surface area (Å²) in [4.78, 5) is 0. The van der Waals surface area contributed by atoms with Crippen LogP contribution in [0.4, 0.5) is 0 Å². The predicted octanol–water partition coefficient (Wildman–Crippen LogP) is 2.90. The van der Waals surface area contributed by atoms with Crippen LogP contribution in [0.3, 0.4) is 0 Å². The van der Waals surface area contributed by atoms with Gasteiger partial charge in [0.25, 0.3) is 0 Å². The molecule has 12 heavy (non-hydrogen) atoms. The van der Waals surface area contributed by atoms with Crippen LogP contribution in [0, 0.1) is 5.21 Å². The molecule has 0 spiro atoms. The van der Waals surface area contributed by atoms with E-state index in [0.717, 1.165) is 10.1 Å². The highest BCUT2D eigenvalue weighted by Gasteiger charge is 2.06. The molecule has 1 rings (SSSR count). The monoisotopic (exact) mass is 220 g/mol. The smallest absolute Gasteiger partial charge is 0.0935 e. The number of thioether (sulfide) groups is 1. The SMILES string of the molecule is CSCSSC1C=CC=CN1[O-]. The van der Waals surface area contributed by atoms with E-state index in [0.29, 0.717) is 0 Å². The van der Waals surface area contributed by atoms with Crippen LogP contribution in [0.1, 0.15) is 0 Å². The number of hydrogen-bond acceptors (Lipinski definition) is 5. The average Bonchev–Trinajstić information content (AvgIpc) is 2.09. The minimum absolute atomic E-state index is 0.0489. The van der Waals surface area contributed by atoms with Crippen molar-refractivity contribution in [3.8, 4) is 0 Å². The second kappa shape index (κ2) is 5.85. The van der Waals surface area contributed by atoms with Gasteiger partial charge >= 0.3 is 0 Å². The van der Waals surface area contributed by atoms with Crippen LogP contribution in [0.5, 0.6) is 0 Å². The van der Waals surface area contributed by atoms with Crippen molar-refractivity contribution in [3.63, 3.8) is 0 Å². The van der Waals surface area contributed by atoms with Gasteiger partial charge in [-0.2, -0.15) is 11.8 Å². The van der Waals surface area contributed by atoms with E-state index < -0.39 is 0 Å². The maximum atomic E-state index is 11.1. The molecule has 0 saturated carbocycles. The van der Waals surface area contributed by atoms with E-state index in [1.807, 2.05) is 12.2 Å². The molecule has 0 radical (unpaired) electrons. The zero-order valence-corrected chi connectivity index (χ0v) is 9.12. The molecule has 68 valence electrons. The molecule has 0 N–H and O–H groups in total. The molecule has 1 aliphatic heterocycles. The van der Waals surface area contributed by atoms with Gasteiger partial charge in [0, 0.05) is 5.08 Å². The van der Waals surface area contributed by atoms with Crippen LogP contribution in [-0.2, 0) is 0 Å². The van der Waals surface area contributed by atoms with Gasteiger partial charge in [0.05, 0.1) is 5.37 Å². The van der Waals surface area contributed by atoms with Crippen LogP contribution in [-0.4, -0.2) is 21.8 Å². The Hall–Kier alpha value is 0.290. The molecular formula is C7H10NOS3-. The van der Waals surface area contributed by atoms with Crippen LogP contribution in [0.2, 0.25) is 0 Å². The molecule has 1 atom stereocenters. The molecule has 2 nitrogen and oxygen atoms in total. The van der Waals surface area contributed by atoms with Gasteiger partial charge in [-0.3, -0.25) is 0 Å². The Kier molecular flexibility index (Phi) is 5.06. The first-order valence-corrected chi connectivity index (χ1v) is 7.20. The molecule has 0 saturated heterocycles. The van der Waals surface area contributed by atoms with E-state index in [2.05, 4.69) is 6.26 Å². The minimum Gasteiger partial charge on any atom is -0.758 e. The third-order valence-electron chi connectivity index (χ3n) is 1.20. The summed E-state index contributed by atoms with van der Waals surface area (Å²) < 4.78 is 0. The molecule has 5 heteroatoms. The number of hydroxylamine groups is 2. The van der Waals surface area contributed by atoms with Crippen LogP contribution < -0.4 is 0 Å². The summed E-state index contributed by atoms with van der Waals surface area (Å²) in [5.74, 6) is 0. The van der Waals surface area contributed by atoms with Crippen LogP contribution >= 0.6 is 33.3 Å². The summed E-state index contributed by atoms with van der Waals surface area (Å²) in [6, 6.07) is 0. The molecule has 0 fully saturated rings. The van der Waals surface area contributed by atoms with Gasteiger partial charge in [-0.1, -0.05) is 33.7 Å². The molecule has 1 unspecified atom stereocenters. The Labute approximate surface area is 84.8 Å². The number of rotatable bonds is 4. The Balaban J connectivity index is 2.23. The number of hydrogen-bond donors (Lipinski definition) is 0. The van der Waals surface area contributed by atoms with Crippen molar-refractivity contribution in [1.29, 1.82) is 0 Å². The van der Waals surface area contributed by atoms with Crippen molar-refractivity contribution in [2.24, 2.45) is 0 Å². The molecule has 1 aliphatic rings. The zero-order chi connectivity index (χ0) is 8.81. The first-order chi connectivity index (χ1) is 5.84. The Morgan fingerprint density at radius 3 is 3.00 bits per heavy atom. The standard InChI is InChI=1S/C7H10NOS3/c1-10-6-11-12-7-4-2-3-5-8(7)9/h2-5,7H,6H2,1H3/q-1. The topological polar surface area (TPSA) is 26.3 Å². The third kappa shape index (κ3) is 3.35. The summed E-state index contributed by atoms with van der Waals surface area (Å²) in [6.45, 7) is 0. The number of nitrogens with zero attached hydrogens (tertiary/aromatic N) is 1. The highest BCUT2D eigenvalue weighted by molar-refractivity contribution is 8.78. The van der Waals surface area contributed by atoms with E-state index in [1.54, 1.807) is 45.6 Å². The average molecular weight is 220 g/mol. The van der Waals surface area contributed by atoms with Gasteiger partial charge in [0.15, 0.2) is 0 Å². The van der Waals surface area contributed by atoms with Gasteiger partial charge < -0.3 is 10.3 Å². The summed E-state index contributed by atoms with van der Waals surface area (Å²) in [5.41, 5.74) is 0. The van der Waals surface area contributed by atoms with E-state index in [4.69, 9.17) is 0 Å². The summed E-state index contributed by atoms with van der Waals surface area (Å²) >= 11 is 1.77. The maximum absolute atomic E-state index is 11.1. The second-order valence-electron chi connectivity index (χ2n) is 2.10. The van der Waals surface area contributed by atoms with E-state index in [1.165, 1.54) is 0 Å². The maximum Gasteiger partial charge on any atom is 0.0935 e. The Bertz CT molecular complexity index is 183. The molecule has 1 heterocycles. The lowest BCUT2D eigenvalue weighted by molar-refractivity contribution is 0.531. The summed E-state index contributed by atoms with van der Waals surface area (Å²) in [5, 5.41) is 13.1. The first kappa shape index (κ1) is 10.4. The molecule has 0 amide bonds. The van der Waals surface area contributed by atoms with Crippen molar-refractivity contribution >= 4 is 33.3 Å². The fraction of sp³-hybridized carbons (Fsp3) is 0.429. The van der Waals surface area contributed by atoms with Gasteiger partial charge in [-0.15, -0.1) is 0 Å². The van der Waals surface area contributed by atoms with Gasteiger partial charge in [0.1, 0.15) is 0 Å². The molecule has 0 aromatic rings. The quantitative estimate of drug-likeness (QED) is 0.412. The highest BCUT2D eigenvalue weighted by Crippen LogP contribution is 2.32. The lowest BCUT2D eigenvalue weighted by Gasteiger charge is -2.34. The normalized spacial score (nSPS) is 21.8. The van der Waals surface area contributed by atoms with E-state index >= 15 is 0 Å². The van der Waals surface area contributed by atoms with Gasteiger partial charge in [-0.05, 0) is 18.5 Å². The van der Waals surface area contributed by atoms with Crippen LogP contribution in [0.15, 0.2) is 24.4 Å². The second-order valence-corrected chi connectivity index (χ2v) is 5.81. The zero-order valence-electron chi connectivity index (χ0n) is 6.67. The Morgan fingerprint density at radius 2 is 2.33 bits per heavy atom. The van der Waals surface area contributed by atoms with E-state index in [9.17, 15) is 5.21 Å². The fourth-order valence-electron chi connectivity index (χ4n) is 0.683. The minimum atomic E-state index is -0.0489. The van der Waals surface area contributed by atoms with Crippen molar-refractivity contribution in [2.75, 3.05) is 11.3 Å². The predicted molar refractivity (Wildman–Crippen MR) is 60.8 cm³/mol. The summed E-state index contributed by atoms with van der Waals surface area (Å²) in [6.07, 6.45) is 9.18.